The lowest BCUT2D eigenvalue weighted by Crippen LogP contribution is -1.78. The number of carboxylic acids is 1. The maximum Gasteiger partial charge on any atom is 0.300 e. The van der Waals surface area contributed by atoms with E-state index < -0.39 is 5.97 Å². The van der Waals surface area contributed by atoms with Crippen LogP contribution in [-0.4, -0.2) is 21.2 Å². The molecule has 11 heavy (non-hydrogen) atoms. The highest BCUT2D eigenvalue weighted by atomic mass is 79.9. The van der Waals surface area contributed by atoms with E-state index in [1.54, 1.807) is 0 Å². The molecule has 0 aliphatic carbocycles. The first kappa shape index (κ1) is 13.5. The number of carbonyl (C=O) groups is 1. The zero-order valence-corrected chi connectivity index (χ0v) is 9.35. The van der Waals surface area contributed by atoms with Gasteiger partial charge in [-0.2, -0.15) is 0 Å². The first-order valence-corrected chi connectivity index (χ1v) is 4.29. The first-order chi connectivity index (χ1) is 5.00. The molecule has 0 saturated heterocycles. The van der Waals surface area contributed by atoms with E-state index in [0.29, 0.717) is 10.1 Å². The van der Waals surface area contributed by atoms with Crippen molar-refractivity contribution in [3.8, 4) is 0 Å². The van der Waals surface area contributed by atoms with Crippen LogP contribution in [-0.2, 0) is 9.63 Å². The quantitative estimate of drug-likeness (QED) is 0.626. The van der Waals surface area contributed by atoms with Gasteiger partial charge in [-0.25, -0.2) is 0 Å². The smallest absolute Gasteiger partial charge is 0.300 e. The van der Waals surface area contributed by atoms with E-state index in [1.165, 1.54) is 0 Å². The minimum Gasteiger partial charge on any atom is -0.481 e. The fraction of sp³-hybridized carbons (Fsp3) is 0.600. The van der Waals surface area contributed by atoms with Gasteiger partial charge >= 0.3 is 0 Å². The molecule has 0 saturated carbocycles. The Morgan fingerprint density at radius 1 is 1.64 bits per heavy atom. The maximum absolute atomic E-state index is 9.00. The van der Waals surface area contributed by atoms with E-state index >= 15 is 0 Å². The molecule has 0 aromatic rings. The summed E-state index contributed by atoms with van der Waals surface area (Å²) < 4.78 is 0.585. The van der Waals surface area contributed by atoms with E-state index in [2.05, 4.69) is 41.9 Å². The lowest BCUT2D eigenvalue weighted by atomic mass is 10.9. The van der Waals surface area contributed by atoms with Crippen LogP contribution in [0.3, 0.4) is 0 Å². The van der Waals surface area contributed by atoms with Crippen molar-refractivity contribution in [1.29, 1.82) is 0 Å². The average molecular weight is 291 g/mol. The van der Waals surface area contributed by atoms with Crippen LogP contribution in [0.2, 0.25) is 0 Å². The summed E-state index contributed by atoms with van der Waals surface area (Å²) in [6.45, 7) is 3.55. The molecule has 0 aliphatic rings. The van der Waals surface area contributed by atoms with E-state index in [-0.39, 0.29) is 0 Å². The number of carboxylic acid groups (broad SMARTS) is 1. The van der Waals surface area contributed by atoms with Gasteiger partial charge in [-0.3, -0.25) is 4.79 Å². The molecule has 0 fully saturated rings. The van der Waals surface area contributed by atoms with Gasteiger partial charge in [-0.05, 0) is 38.8 Å². The fourth-order valence-electron chi connectivity index (χ4n) is 0.113. The molecule has 0 bridgehead atoms. The molecule has 0 aromatic heterocycles. The highest BCUT2D eigenvalue weighted by molar-refractivity contribution is 9.39. The molecule has 0 spiro atoms. The second kappa shape index (κ2) is 9.90. The summed E-state index contributed by atoms with van der Waals surface area (Å²) in [6, 6.07) is 0. The number of rotatable bonds is 2. The van der Waals surface area contributed by atoms with Crippen LogP contribution < -0.4 is 0 Å². The Labute approximate surface area is 81.9 Å². The van der Waals surface area contributed by atoms with Gasteiger partial charge in [0, 0.05) is 6.92 Å². The predicted octanol–water partition coefficient (Wildman–Crippen LogP) is 2.17. The van der Waals surface area contributed by atoms with Crippen molar-refractivity contribution in [3.05, 3.63) is 0 Å². The normalized spacial score (nSPS) is 7.27. The molecule has 0 atom stereocenters. The Kier molecular flexibility index (Phi) is 12.1. The molecule has 0 unspecified atom stereocenters. The largest absolute Gasteiger partial charge is 0.481 e. The number of halogens is 2. The Morgan fingerprint density at radius 2 is 2.00 bits per heavy atom. The van der Waals surface area contributed by atoms with E-state index in [0.717, 1.165) is 6.92 Å². The van der Waals surface area contributed by atoms with Crippen LogP contribution >= 0.6 is 31.9 Å². The molecule has 0 aliphatic heterocycles. The predicted molar refractivity (Wildman–Crippen MR) is 50.2 cm³/mol. The lowest BCUT2D eigenvalue weighted by Gasteiger charge is -1.87. The Balaban J connectivity index is 0. The van der Waals surface area contributed by atoms with Crippen LogP contribution in [0.15, 0.2) is 5.16 Å². The van der Waals surface area contributed by atoms with Gasteiger partial charge < -0.3 is 9.94 Å². The van der Waals surface area contributed by atoms with Crippen LogP contribution in [0, 0.1) is 0 Å². The van der Waals surface area contributed by atoms with Crippen molar-refractivity contribution in [2.45, 2.75) is 13.8 Å². The summed E-state index contributed by atoms with van der Waals surface area (Å²) in [5.41, 5.74) is 0. The molecular formula is C5H9Br2NO3. The van der Waals surface area contributed by atoms with E-state index in [4.69, 9.17) is 9.90 Å². The summed E-state index contributed by atoms with van der Waals surface area (Å²) in [6.07, 6.45) is 0. The molecular weight excluding hydrogens is 282 g/mol. The monoisotopic (exact) mass is 289 g/mol. The van der Waals surface area contributed by atoms with E-state index in [1.807, 2.05) is 6.92 Å². The van der Waals surface area contributed by atoms with Crippen molar-refractivity contribution in [2.24, 2.45) is 5.16 Å². The number of nitrogens with zero attached hydrogens (tertiary/aromatic N) is 1. The molecule has 0 rings (SSSR count). The molecule has 6 heteroatoms. The summed E-state index contributed by atoms with van der Waals surface area (Å²) in [7, 11) is 0. The van der Waals surface area contributed by atoms with Gasteiger partial charge in [0.05, 0.1) is 0 Å². The second-order valence-corrected chi connectivity index (χ2v) is 3.83. The maximum atomic E-state index is 9.00. The van der Waals surface area contributed by atoms with Crippen LogP contribution in [0.5, 0.6) is 0 Å². The summed E-state index contributed by atoms with van der Waals surface area (Å²) in [4.78, 5) is 13.6. The standard InChI is InChI=1S/C3H5Br2NO.C2H4O2/c1-2-7-6-3(4)5;1-2(3)4/h2H2,1H3;1H3,(H,3,4). The van der Waals surface area contributed by atoms with Crippen LogP contribution in [0.1, 0.15) is 13.8 Å². The molecule has 66 valence electrons. The SMILES string of the molecule is CC(=O)O.CCON=C(Br)Br. The molecule has 1 N–H and O–H groups in total. The first-order valence-electron chi connectivity index (χ1n) is 2.71. The highest BCUT2D eigenvalue weighted by Gasteiger charge is 1.78. The second-order valence-electron chi connectivity index (χ2n) is 1.27. The minimum atomic E-state index is -0.833. The summed E-state index contributed by atoms with van der Waals surface area (Å²) >= 11 is 6.03. The molecule has 0 aromatic carbocycles. The highest BCUT2D eigenvalue weighted by Crippen LogP contribution is 1.97. The van der Waals surface area contributed by atoms with Crippen molar-refractivity contribution < 1.29 is 14.7 Å². The van der Waals surface area contributed by atoms with E-state index in [9.17, 15) is 0 Å². The summed E-state index contributed by atoms with van der Waals surface area (Å²) in [5, 5.41) is 10.9. The van der Waals surface area contributed by atoms with Crippen molar-refractivity contribution >= 4 is 41.4 Å². The number of oxime groups is 1. The Bertz CT molecular complexity index is 130. The van der Waals surface area contributed by atoms with Gasteiger partial charge in [-0.1, -0.05) is 5.16 Å². The van der Waals surface area contributed by atoms with Crippen molar-refractivity contribution in [3.63, 3.8) is 0 Å². The topological polar surface area (TPSA) is 58.9 Å². The molecule has 4 nitrogen and oxygen atoms in total. The van der Waals surface area contributed by atoms with Gasteiger partial charge in [0.2, 0.25) is 0 Å². The van der Waals surface area contributed by atoms with Crippen molar-refractivity contribution in [2.75, 3.05) is 6.61 Å². The number of aliphatic carboxylic acids is 1. The summed E-state index contributed by atoms with van der Waals surface area (Å²) in [5.74, 6) is -0.833. The van der Waals surface area contributed by atoms with Crippen molar-refractivity contribution in [1.82, 2.24) is 0 Å². The zero-order valence-electron chi connectivity index (χ0n) is 6.17. The average Bonchev–Trinajstić information content (AvgIpc) is 1.82. The van der Waals surface area contributed by atoms with Crippen LogP contribution in [0.25, 0.3) is 0 Å². The van der Waals surface area contributed by atoms with Gasteiger partial charge in [-0.15, -0.1) is 0 Å². The van der Waals surface area contributed by atoms with Crippen LogP contribution in [0.4, 0.5) is 0 Å². The third-order valence-corrected chi connectivity index (χ3v) is 0.552. The third-order valence-electron chi connectivity index (χ3n) is 0.263. The minimum absolute atomic E-state index is 0.585. The molecule has 0 amide bonds. The zero-order chi connectivity index (χ0) is 9.28. The third kappa shape index (κ3) is 40.6. The fourth-order valence-corrected chi connectivity index (χ4v) is 0.318. The Morgan fingerprint density at radius 3 is 2.09 bits per heavy atom. The number of hydrogen-bond acceptors (Lipinski definition) is 3. The molecule has 0 heterocycles. The van der Waals surface area contributed by atoms with Gasteiger partial charge in [0.15, 0.2) is 3.53 Å². The lowest BCUT2D eigenvalue weighted by molar-refractivity contribution is -0.134. The van der Waals surface area contributed by atoms with Gasteiger partial charge in [0.25, 0.3) is 5.97 Å². The molecule has 0 radical (unpaired) electrons. The number of hydrogen-bond donors (Lipinski definition) is 1. The Hall–Kier alpha value is -0.100. The van der Waals surface area contributed by atoms with Gasteiger partial charge in [0.1, 0.15) is 6.61 Å².